The molecule has 2 N–H and O–H groups in total. The van der Waals surface area contributed by atoms with E-state index in [1.54, 1.807) is 12.1 Å². The lowest BCUT2D eigenvalue weighted by Crippen LogP contribution is -2.43. The third kappa shape index (κ3) is 3.13. The van der Waals surface area contributed by atoms with E-state index in [0.717, 1.165) is 24.1 Å². The molecule has 4 rings (SSSR count). The van der Waals surface area contributed by atoms with Crippen LogP contribution >= 0.6 is 11.3 Å². The number of aromatic nitrogens is 1. The molecule has 1 aliphatic heterocycles. The Bertz CT molecular complexity index is 932. The first-order chi connectivity index (χ1) is 13.1. The third-order valence-electron chi connectivity index (χ3n) is 5.56. The van der Waals surface area contributed by atoms with E-state index >= 15 is 0 Å². The highest BCUT2D eigenvalue weighted by molar-refractivity contribution is 7.11. The fraction of sp³-hybridized carbons (Fsp3) is 0.381. The fourth-order valence-corrected chi connectivity index (χ4v) is 4.97. The Labute approximate surface area is 163 Å². The maximum absolute atomic E-state index is 10.8. The first-order valence-electron chi connectivity index (χ1n) is 9.37. The topological polar surface area (TPSA) is 84.0 Å². The van der Waals surface area contributed by atoms with Gasteiger partial charge in [-0.15, -0.1) is 11.3 Å². The minimum absolute atomic E-state index is 0.169. The number of benzene rings is 1. The van der Waals surface area contributed by atoms with Gasteiger partial charge >= 0.3 is 0 Å². The molecular weight excluding hydrogens is 356 g/mol. The van der Waals surface area contributed by atoms with Crippen LogP contribution in [0.1, 0.15) is 49.6 Å². The Balaban J connectivity index is 1.62. The van der Waals surface area contributed by atoms with Crippen molar-refractivity contribution in [2.24, 2.45) is 0 Å². The van der Waals surface area contributed by atoms with Gasteiger partial charge in [0, 0.05) is 17.0 Å². The summed E-state index contributed by atoms with van der Waals surface area (Å²) in [4.78, 5) is 6.76. The number of rotatable bonds is 3. The second kappa shape index (κ2) is 7.16. The molecular formula is C21H22N4OS. The SMILES string of the molecule is CC1C(O)=C(c2nc(-c3ccc(C#N)cc3)cs2)C(=N)N1C1CCCCC1. The maximum atomic E-state index is 10.8. The minimum atomic E-state index is -0.169. The maximum Gasteiger partial charge on any atom is 0.135 e. The molecule has 1 atom stereocenters. The molecule has 1 saturated carbocycles. The lowest BCUT2D eigenvalue weighted by Gasteiger charge is -2.35. The van der Waals surface area contributed by atoms with E-state index in [1.165, 1.54) is 30.6 Å². The molecule has 0 radical (unpaired) electrons. The van der Waals surface area contributed by atoms with Crippen molar-refractivity contribution in [3.63, 3.8) is 0 Å². The van der Waals surface area contributed by atoms with Gasteiger partial charge in [0.25, 0.3) is 0 Å². The summed E-state index contributed by atoms with van der Waals surface area (Å²) >= 11 is 1.45. The Hall–Kier alpha value is -2.65. The van der Waals surface area contributed by atoms with Gasteiger partial charge in [-0.05, 0) is 31.9 Å². The summed E-state index contributed by atoms with van der Waals surface area (Å²) in [6, 6.07) is 9.58. The quantitative estimate of drug-likeness (QED) is 0.790. The zero-order chi connectivity index (χ0) is 19.0. The Morgan fingerprint density at radius 2 is 1.93 bits per heavy atom. The number of thiazole rings is 1. The number of aliphatic hydroxyl groups excluding tert-OH is 1. The van der Waals surface area contributed by atoms with E-state index in [1.807, 2.05) is 24.4 Å². The van der Waals surface area contributed by atoms with Crippen LogP contribution in [0.3, 0.4) is 0 Å². The van der Waals surface area contributed by atoms with Crippen molar-refractivity contribution >= 4 is 22.7 Å². The van der Waals surface area contributed by atoms with E-state index in [-0.39, 0.29) is 11.8 Å². The minimum Gasteiger partial charge on any atom is -0.509 e. The standard InChI is InChI=1S/C21H22N4OS/c1-13-19(26)18(20(23)25(13)16-5-3-2-4-6-16)21-24-17(12-27-21)15-9-7-14(11-22)8-10-15/h7-10,12-13,16,23,26H,2-6H2,1H3. The van der Waals surface area contributed by atoms with Gasteiger partial charge in [0.1, 0.15) is 16.6 Å². The van der Waals surface area contributed by atoms with Crippen molar-refractivity contribution in [2.75, 3.05) is 0 Å². The highest BCUT2D eigenvalue weighted by atomic mass is 32.1. The smallest absolute Gasteiger partial charge is 0.135 e. The first kappa shape index (κ1) is 17.7. The number of nitrogens with one attached hydrogen (secondary N) is 1. The Kier molecular flexibility index (Phi) is 4.71. The lowest BCUT2D eigenvalue weighted by atomic mass is 9.93. The van der Waals surface area contributed by atoms with Crippen LogP contribution in [0, 0.1) is 16.7 Å². The number of nitrogens with zero attached hydrogens (tertiary/aromatic N) is 3. The average Bonchev–Trinajstić information content (AvgIpc) is 3.26. The highest BCUT2D eigenvalue weighted by Crippen LogP contribution is 2.38. The molecule has 0 bridgehead atoms. The van der Waals surface area contributed by atoms with E-state index in [2.05, 4.69) is 16.0 Å². The van der Waals surface area contributed by atoms with Crippen molar-refractivity contribution < 1.29 is 5.11 Å². The van der Waals surface area contributed by atoms with Crippen LogP contribution in [0.5, 0.6) is 0 Å². The number of amidine groups is 1. The zero-order valence-electron chi connectivity index (χ0n) is 15.3. The fourth-order valence-electron chi connectivity index (χ4n) is 4.09. The van der Waals surface area contributed by atoms with Crippen LogP contribution in [0.25, 0.3) is 16.8 Å². The molecule has 1 aromatic carbocycles. The summed E-state index contributed by atoms with van der Waals surface area (Å²) in [5, 5.41) is 31.0. The largest absolute Gasteiger partial charge is 0.509 e. The van der Waals surface area contributed by atoms with Crippen LogP contribution < -0.4 is 0 Å². The molecule has 0 amide bonds. The van der Waals surface area contributed by atoms with Gasteiger partial charge in [0.05, 0.1) is 28.9 Å². The van der Waals surface area contributed by atoms with E-state index < -0.39 is 0 Å². The normalized spacial score (nSPS) is 21.0. The monoisotopic (exact) mass is 378 g/mol. The van der Waals surface area contributed by atoms with E-state index in [9.17, 15) is 5.11 Å². The summed E-state index contributed by atoms with van der Waals surface area (Å²) in [7, 11) is 0. The van der Waals surface area contributed by atoms with E-state index in [0.29, 0.717) is 28.0 Å². The summed E-state index contributed by atoms with van der Waals surface area (Å²) in [5.74, 6) is 0.652. The molecule has 2 aromatic rings. The number of nitriles is 1. The zero-order valence-corrected chi connectivity index (χ0v) is 16.1. The molecule has 1 aliphatic carbocycles. The summed E-state index contributed by atoms with van der Waals surface area (Å²) < 4.78 is 0. The van der Waals surface area contributed by atoms with Crippen LogP contribution in [0.2, 0.25) is 0 Å². The lowest BCUT2D eigenvalue weighted by molar-refractivity contribution is 0.194. The molecule has 1 aromatic heterocycles. The third-order valence-corrected chi connectivity index (χ3v) is 6.42. The predicted octanol–water partition coefficient (Wildman–Crippen LogP) is 4.96. The Morgan fingerprint density at radius 3 is 2.59 bits per heavy atom. The second-order valence-corrected chi connectivity index (χ2v) is 8.07. The summed E-state index contributed by atoms with van der Waals surface area (Å²) in [5.41, 5.74) is 2.91. The first-order valence-corrected chi connectivity index (χ1v) is 10.2. The number of hydrogen-bond acceptors (Lipinski definition) is 5. The van der Waals surface area contributed by atoms with Gasteiger partial charge < -0.3 is 10.0 Å². The van der Waals surface area contributed by atoms with Gasteiger partial charge in [-0.25, -0.2) is 4.98 Å². The molecule has 27 heavy (non-hydrogen) atoms. The molecule has 1 fully saturated rings. The van der Waals surface area contributed by atoms with Crippen molar-refractivity contribution in [3.05, 3.63) is 46.0 Å². The number of aliphatic hydroxyl groups is 1. The molecule has 5 nitrogen and oxygen atoms in total. The molecule has 2 heterocycles. The molecule has 0 saturated heterocycles. The van der Waals surface area contributed by atoms with Crippen LogP contribution in [-0.2, 0) is 0 Å². The molecule has 0 spiro atoms. The molecule has 2 aliphatic rings. The van der Waals surface area contributed by atoms with Crippen molar-refractivity contribution in [3.8, 4) is 17.3 Å². The average molecular weight is 379 g/mol. The second-order valence-electron chi connectivity index (χ2n) is 7.21. The van der Waals surface area contributed by atoms with E-state index in [4.69, 9.17) is 10.7 Å². The molecule has 1 unspecified atom stereocenters. The van der Waals surface area contributed by atoms with Crippen LogP contribution in [0.4, 0.5) is 0 Å². The van der Waals surface area contributed by atoms with Crippen molar-refractivity contribution in [2.45, 2.75) is 51.1 Å². The highest BCUT2D eigenvalue weighted by Gasteiger charge is 2.40. The van der Waals surface area contributed by atoms with Crippen LogP contribution in [0.15, 0.2) is 35.4 Å². The van der Waals surface area contributed by atoms with Crippen LogP contribution in [-0.4, -0.2) is 32.9 Å². The predicted molar refractivity (Wildman–Crippen MR) is 108 cm³/mol. The summed E-state index contributed by atoms with van der Waals surface area (Å²) in [6.45, 7) is 1.97. The summed E-state index contributed by atoms with van der Waals surface area (Å²) in [6.07, 6.45) is 5.82. The molecule has 6 heteroatoms. The van der Waals surface area contributed by atoms with Gasteiger partial charge in [-0.3, -0.25) is 5.41 Å². The molecule has 138 valence electrons. The van der Waals surface area contributed by atoms with Gasteiger partial charge in [0.2, 0.25) is 0 Å². The van der Waals surface area contributed by atoms with Gasteiger partial charge in [-0.1, -0.05) is 31.4 Å². The Morgan fingerprint density at radius 1 is 1.22 bits per heavy atom. The van der Waals surface area contributed by atoms with Crippen molar-refractivity contribution in [1.29, 1.82) is 10.7 Å². The number of hydrogen-bond donors (Lipinski definition) is 2. The van der Waals surface area contributed by atoms with Crippen molar-refractivity contribution in [1.82, 2.24) is 9.88 Å². The van der Waals surface area contributed by atoms with Gasteiger partial charge in [0.15, 0.2) is 0 Å². The van der Waals surface area contributed by atoms with Gasteiger partial charge in [-0.2, -0.15) is 5.26 Å².